The highest BCUT2D eigenvalue weighted by molar-refractivity contribution is 7.99. The Morgan fingerprint density at radius 3 is 2.44 bits per heavy atom. The van der Waals surface area contributed by atoms with Crippen molar-refractivity contribution in [3.8, 4) is 22.8 Å². The molecule has 2 heterocycles. The van der Waals surface area contributed by atoms with E-state index in [4.69, 9.17) is 4.52 Å². The lowest BCUT2D eigenvalue weighted by Gasteiger charge is -2.22. The second kappa shape index (κ2) is 10.6. The summed E-state index contributed by atoms with van der Waals surface area (Å²) in [7, 11) is 0. The van der Waals surface area contributed by atoms with Crippen molar-refractivity contribution < 1.29 is 14.1 Å². The smallest absolute Gasteiger partial charge is 0.259 e. The number of benzene rings is 4. The quantitative estimate of drug-likeness (QED) is 0.249. The van der Waals surface area contributed by atoms with Gasteiger partial charge in [0, 0.05) is 38.7 Å². The lowest BCUT2D eigenvalue weighted by molar-refractivity contribution is 0.0982. The maximum Gasteiger partial charge on any atom is 0.259 e. The Morgan fingerprint density at radius 2 is 1.64 bits per heavy atom. The number of hydrogen-bond acceptors (Lipinski definition) is 6. The number of nitrogens with zero attached hydrogens (tertiary/aromatic N) is 3. The molecule has 1 aliphatic rings. The van der Waals surface area contributed by atoms with Gasteiger partial charge in [-0.3, -0.25) is 9.59 Å². The number of anilines is 2. The van der Waals surface area contributed by atoms with E-state index in [1.807, 2.05) is 77.7 Å². The topological polar surface area (TPSA) is 88.3 Å². The van der Waals surface area contributed by atoms with E-state index in [1.165, 1.54) is 0 Å². The van der Waals surface area contributed by atoms with Gasteiger partial charge < -0.3 is 14.7 Å². The molecule has 0 fully saturated rings. The van der Waals surface area contributed by atoms with E-state index in [0.29, 0.717) is 35.1 Å². The van der Waals surface area contributed by atoms with Gasteiger partial charge in [-0.2, -0.15) is 4.98 Å². The minimum Gasteiger partial charge on any atom is -0.334 e. The van der Waals surface area contributed by atoms with Crippen LogP contribution in [-0.4, -0.2) is 28.5 Å². The summed E-state index contributed by atoms with van der Waals surface area (Å²) in [6.45, 7) is 2.70. The molecule has 39 heavy (non-hydrogen) atoms. The molecule has 1 N–H and O–H groups in total. The molecule has 0 saturated carbocycles. The van der Waals surface area contributed by atoms with Gasteiger partial charge >= 0.3 is 0 Å². The first-order valence-electron chi connectivity index (χ1n) is 12.6. The molecule has 0 bridgehead atoms. The first-order valence-corrected chi connectivity index (χ1v) is 13.5. The van der Waals surface area contributed by atoms with E-state index in [-0.39, 0.29) is 11.8 Å². The van der Waals surface area contributed by atoms with Gasteiger partial charge in [0.2, 0.25) is 5.82 Å². The lowest BCUT2D eigenvalue weighted by Crippen LogP contribution is -2.31. The molecule has 0 atom stereocenters. The van der Waals surface area contributed by atoms with E-state index in [1.54, 1.807) is 36.0 Å². The Bertz CT molecular complexity index is 1670. The van der Waals surface area contributed by atoms with E-state index in [0.717, 1.165) is 33.0 Å². The van der Waals surface area contributed by atoms with Gasteiger partial charge in [-0.1, -0.05) is 54.2 Å². The Morgan fingerprint density at radius 1 is 0.897 bits per heavy atom. The fraction of sp³-hybridized carbons (Fsp3) is 0.0968. The first-order chi connectivity index (χ1) is 19.1. The van der Waals surface area contributed by atoms with Crippen LogP contribution >= 0.6 is 11.8 Å². The summed E-state index contributed by atoms with van der Waals surface area (Å²) in [4.78, 5) is 34.1. The normalized spacial score (nSPS) is 12.4. The second-order valence-corrected chi connectivity index (χ2v) is 10.1. The fourth-order valence-corrected chi connectivity index (χ4v) is 5.57. The predicted octanol–water partition coefficient (Wildman–Crippen LogP) is 7.18. The zero-order valence-electron chi connectivity index (χ0n) is 21.1. The van der Waals surface area contributed by atoms with E-state index >= 15 is 0 Å². The van der Waals surface area contributed by atoms with Crippen molar-refractivity contribution in [2.75, 3.05) is 16.8 Å². The van der Waals surface area contributed by atoms with Crippen LogP contribution in [0, 0.1) is 0 Å². The molecule has 7 nitrogen and oxygen atoms in total. The molecule has 5 aromatic rings. The van der Waals surface area contributed by atoms with Gasteiger partial charge in [0.15, 0.2) is 0 Å². The number of hydrogen-bond donors (Lipinski definition) is 1. The number of rotatable bonds is 6. The highest BCUT2D eigenvalue weighted by Crippen LogP contribution is 2.43. The third-order valence-electron chi connectivity index (χ3n) is 6.39. The molecule has 0 saturated heterocycles. The molecule has 8 heteroatoms. The van der Waals surface area contributed by atoms with Crippen LogP contribution in [0.2, 0.25) is 0 Å². The molecule has 1 aliphatic heterocycles. The highest BCUT2D eigenvalue weighted by Gasteiger charge is 2.27. The summed E-state index contributed by atoms with van der Waals surface area (Å²) >= 11 is 1.57. The zero-order chi connectivity index (χ0) is 26.8. The Kier molecular flexibility index (Phi) is 6.69. The fourth-order valence-electron chi connectivity index (χ4n) is 4.46. The van der Waals surface area contributed by atoms with Crippen LogP contribution in [0.3, 0.4) is 0 Å². The van der Waals surface area contributed by atoms with Crippen LogP contribution in [0.15, 0.2) is 111 Å². The van der Waals surface area contributed by atoms with Gasteiger partial charge in [-0.15, -0.1) is 0 Å². The summed E-state index contributed by atoms with van der Waals surface area (Å²) in [6, 6.07) is 29.9. The van der Waals surface area contributed by atoms with Crippen molar-refractivity contribution >= 4 is 35.0 Å². The van der Waals surface area contributed by atoms with Crippen LogP contribution < -0.4 is 10.2 Å². The molecule has 1 aromatic heterocycles. The van der Waals surface area contributed by atoms with Crippen LogP contribution in [0.4, 0.5) is 11.4 Å². The summed E-state index contributed by atoms with van der Waals surface area (Å²) in [5.74, 6) is 0.672. The first kappa shape index (κ1) is 24.6. The van der Waals surface area contributed by atoms with Crippen molar-refractivity contribution in [3.63, 3.8) is 0 Å². The molecular formula is C31H24N4O3S. The highest BCUT2D eigenvalue weighted by atomic mass is 32.2. The van der Waals surface area contributed by atoms with Crippen molar-refractivity contribution in [3.05, 3.63) is 108 Å². The van der Waals surface area contributed by atoms with Crippen molar-refractivity contribution in [2.45, 2.75) is 23.1 Å². The molecule has 2 amide bonds. The van der Waals surface area contributed by atoms with Crippen molar-refractivity contribution in [1.29, 1.82) is 0 Å². The summed E-state index contributed by atoms with van der Waals surface area (Å²) < 4.78 is 5.58. The molecule has 0 spiro atoms. The summed E-state index contributed by atoms with van der Waals surface area (Å²) in [6.07, 6.45) is 0.850. The Hall–Kier alpha value is -4.69. The number of aromatic nitrogens is 2. The van der Waals surface area contributed by atoms with Gasteiger partial charge in [-0.05, 0) is 73.2 Å². The van der Waals surface area contributed by atoms with E-state index in [2.05, 4.69) is 22.4 Å². The SMILES string of the molecule is CCCN1C(=O)c2ccccc2Sc2cc(-c3noc(-c4ccc(NC(=O)c5ccccc5)cc4)n3)ccc21. The van der Waals surface area contributed by atoms with Crippen LogP contribution in [0.25, 0.3) is 22.8 Å². The molecule has 192 valence electrons. The Balaban J connectivity index is 1.25. The van der Waals surface area contributed by atoms with Crippen LogP contribution in [0.5, 0.6) is 0 Å². The van der Waals surface area contributed by atoms with Crippen LogP contribution in [-0.2, 0) is 0 Å². The monoisotopic (exact) mass is 532 g/mol. The number of carbonyl (C=O) groups excluding carboxylic acids is 2. The summed E-state index contributed by atoms with van der Waals surface area (Å²) in [5, 5.41) is 7.10. The molecule has 6 rings (SSSR count). The molecule has 0 unspecified atom stereocenters. The van der Waals surface area contributed by atoms with Gasteiger partial charge in [0.05, 0.1) is 11.3 Å². The van der Waals surface area contributed by atoms with E-state index in [9.17, 15) is 9.59 Å². The molecule has 0 aliphatic carbocycles. The number of carbonyl (C=O) groups is 2. The lowest BCUT2D eigenvalue weighted by atomic mass is 10.1. The third kappa shape index (κ3) is 4.94. The van der Waals surface area contributed by atoms with Gasteiger partial charge in [0.1, 0.15) is 0 Å². The molecule has 4 aromatic carbocycles. The van der Waals surface area contributed by atoms with Crippen molar-refractivity contribution in [1.82, 2.24) is 10.1 Å². The number of nitrogens with one attached hydrogen (secondary N) is 1. The number of amides is 2. The maximum atomic E-state index is 13.3. The Labute approximate surface area is 229 Å². The zero-order valence-corrected chi connectivity index (χ0v) is 21.9. The summed E-state index contributed by atoms with van der Waals surface area (Å²) in [5.41, 5.74) is 4.38. The van der Waals surface area contributed by atoms with Gasteiger partial charge in [0.25, 0.3) is 17.7 Å². The minimum absolute atomic E-state index is 0.0108. The van der Waals surface area contributed by atoms with Crippen molar-refractivity contribution in [2.24, 2.45) is 0 Å². The standard InChI is InChI=1S/C31H24N4O3S/c1-2-18-35-25-17-14-22(19-27(25)39-26-11-7-6-10-24(26)31(35)37)28-33-30(38-34-28)21-12-15-23(16-13-21)32-29(36)20-8-4-3-5-9-20/h3-17,19H,2,18H2,1H3,(H,32,36). The largest absolute Gasteiger partial charge is 0.334 e. The van der Waals surface area contributed by atoms with Crippen LogP contribution in [0.1, 0.15) is 34.1 Å². The molecular weight excluding hydrogens is 508 g/mol. The van der Waals surface area contributed by atoms with Gasteiger partial charge in [-0.25, -0.2) is 0 Å². The number of fused-ring (bicyclic) bond motifs is 2. The maximum absolute atomic E-state index is 13.3. The molecule has 0 radical (unpaired) electrons. The average molecular weight is 533 g/mol. The predicted molar refractivity (Wildman–Crippen MR) is 152 cm³/mol. The minimum atomic E-state index is -0.175. The third-order valence-corrected chi connectivity index (χ3v) is 7.51. The average Bonchev–Trinajstić information content (AvgIpc) is 3.43. The second-order valence-electron chi connectivity index (χ2n) is 9.06. The van der Waals surface area contributed by atoms with E-state index < -0.39 is 0 Å².